The SMILES string of the molecule is CN(Cc1nc2ccccc2n1C)C(=O)C1CCCCC1(C)N. The van der Waals surface area contributed by atoms with Crippen molar-refractivity contribution in [2.45, 2.75) is 44.7 Å². The largest absolute Gasteiger partial charge is 0.338 e. The van der Waals surface area contributed by atoms with E-state index in [1.165, 1.54) is 0 Å². The number of imidazole rings is 1. The summed E-state index contributed by atoms with van der Waals surface area (Å²) in [5.41, 5.74) is 8.04. The van der Waals surface area contributed by atoms with Crippen LogP contribution in [-0.4, -0.2) is 32.9 Å². The average Bonchev–Trinajstić information content (AvgIpc) is 2.83. The highest BCUT2D eigenvalue weighted by Gasteiger charge is 2.39. The van der Waals surface area contributed by atoms with Crippen LogP contribution in [0.4, 0.5) is 0 Å². The van der Waals surface area contributed by atoms with E-state index in [2.05, 4.69) is 9.55 Å². The van der Waals surface area contributed by atoms with Crippen LogP contribution in [0.25, 0.3) is 11.0 Å². The Hall–Kier alpha value is -1.88. The Morgan fingerprint density at radius 3 is 2.87 bits per heavy atom. The fourth-order valence-corrected chi connectivity index (χ4v) is 3.66. The van der Waals surface area contributed by atoms with Gasteiger partial charge in [-0.15, -0.1) is 0 Å². The van der Waals surface area contributed by atoms with E-state index in [0.717, 1.165) is 42.5 Å². The molecule has 1 aliphatic carbocycles. The summed E-state index contributed by atoms with van der Waals surface area (Å²) < 4.78 is 2.06. The van der Waals surface area contributed by atoms with Crippen LogP contribution in [0, 0.1) is 5.92 Å². The van der Waals surface area contributed by atoms with Crippen molar-refractivity contribution in [3.8, 4) is 0 Å². The van der Waals surface area contributed by atoms with Crippen molar-refractivity contribution >= 4 is 16.9 Å². The van der Waals surface area contributed by atoms with Crippen molar-refractivity contribution in [2.75, 3.05) is 7.05 Å². The lowest BCUT2D eigenvalue weighted by atomic mass is 9.74. The summed E-state index contributed by atoms with van der Waals surface area (Å²) in [6, 6.07) is 8.03. The van der Waals surface area contributed by atoms with Gasteiger partial charge in [-0.2, -0.15) is 0 Å². The molecular formula is C18H26N4O. The van der Waals surface area contributed by atoms with Gasteiger partial charge in [0, 0.05) is 19.6 Å². The highest BCUT2D eigenvalue weighted by molar-refractivity contribution is 5.80. The molecule has 2 atom stereocenters. The number of carbonyl (C=O) groups is 1. The van der Waals surface area contributed by atoms with Gasteiger partial charge in [0.05, 0.1) is 23.5 Å². The third-order valence-corrected chi connectivity index (χ3v) is 5.19. The smallest absolute Gasteiger partial charge is 0.227 e. The first-order chi connectivity index (χ1) is 10.9. The number of amides is 1. The molecule has 1 amide bonds. The van der Waals surface area contributed by atoms with Crippen LogP contribution in [0.3, 0.4) is 0 Å². The van der Waals surface area contributed by atoms with Gasteiger partial charge in [-0.25, -0.2) is 4.98 Å². The molecule has 1 heterocycles. The van der Waals surface area contributed by atoms with Crippen molar-refractivity contribution < 1.29 is 4.79 Å². The summed E-state index contributed by atoms with van der Waals surface area (Å²) in [7, 11) is 3.85. The van der Waals surface area contributed by atoms with E-state index in [1.54, 1.807) is 4.90 Å². The summed E-state index contributed by atoms with van der Waals surface area (Å²) in [6.07, 6.45) is 4.01. The quantitative estimate of drug-likeness (QED) is 0.946. The zero-order chi connectivity index (χ0) is 16.6. The Morgan fingerprint density at radius 2 is 2.17 bits per heavy atom. The first-order valence-corrected chi connectivity index (χ1v) is 8.34. The molecule has 23 heavy (non-hydrogen) atoms. The Labute approximate surface area is 137 Å². The van der Waals surface area contributed by atoms with Crippen molar-refractivity contribution in [1.82, 2.24) is 14.5 Å². The molecule has 124 valence electrons. The monoisotopic (exact) mass is 314 g/mol. The van der Waals surface area contributed by atoms with Crippen LogP contribution in [0.5, 0.6) is 0 Å². The standard InChI is InChI=1S/C18H26N4O/c1-18(19)11-7-6-8-13(18)17(23)21(2)12-16-20-14-9-4-5-10-15(14)22(16)3/h4-5,9-10,13H,6-8,11-12,19H2,1-3H3. The van der Waals surface area contributed by atoms with Crippen LogP contribution in [-0.2, 0) is 18.4 Å². The number of aryl methyl sites for hydroxylation is 1. The maximum Gasteiger partial charge on any atom is 0.227 e. The van der Waals surface area contributed by atoms with E-state index in [9.17, 15) is 4.79 Å². The number of nitrogens with two attached hydrogens (primary N) is 1. The minimum Gasteiger partial charge on any atom is -0.338 e. The number of carbonyl (C=O) groups excluding carboxylic acids is 1. The molecule has 1 aromatic carbocycles. The lowest BCUT2D eigenvalue weighted by Gasteiger charge is -2.39. The second-order valence-corrected chi connectivity index (χ2v) is 7.07. The minimum atomic E-state index is -0.393. The molecule has 0 aliphatic heterocycles. The van der Waals surface area contributed by atoms with Crippen molar-refractivity contribution in [2.24, 2.45) is 18.7 Å². The minimum absolute atomic E-state index is 0.0871. The van der Waals surface area contributed by atoms with Crippen LogP contribution >= 0.6 is 0 Å². The van der Waals surface area contributed by atoms with E-state index >= 15 is 0 Å². The molecule has 1 aliphatic rings. The molecule has 3 rings (SSSR count). The lowest BCUT2D eigenvalue weighted by molar-refractivity contribution is -0.138. The first kappa shape index (κ1) is 16.0. The predicted octanol–water partition coefficient (Wildman–Crippen LogP) is 2.44. The third kappa shape index (κ3) is 2.98. The van der Waals surface area contributed by atoms with Crippen LogP contribution in [0.2, 0.25) is 0 Å². The van der Waals surface area contributed by atoms with Crippen LogP contribution in [0.15, 0.2) is 24.3 Å². The van der Waals surface area contributed by atoms with Crippen LogP contribution < -0.4 is 5.73 Å². The fraction of sp³-hybridized carbons (Fsp3) is 0.556. The maximum atomic E-state index is 12.9. The van der Waals surface area contributed by atoms with E-state index in [0.29, 0.717) is 6.54 Å². The van der Waals surface area contributed by atoms with Gasteiger partial charge < -0.3 is 15.2 Å². The topological polar surface area (TPSA) is 64.2 Å². The molecule has 1 saturated carbocycles. The second-order valence-electron chi connectivity index (χ2n) is 7.07. The van der Waals surface area contributed by atoms with Crippen molar-refractivity contribution in [3.05, 3.63) is 30.1 Å². The van der Waals surface area contributed by atoms with Crippen molar-refractivity contribution in [3.63, 3.8) is 0 Å². The summed E-state index contributed by atoms with van der Waals surface area (Å²) >= 11 is 0. The average molecular weight is 314 g/mol. The summed E-state index contributed by atoms with van der Waals surface area (Å²) in [4.78, 5) is 19.3. The molecule has 1 aromatic heterocycles. The number of nitrogens with zero attached hydrogens (tertiary/aromatic N) is 3. The van der Waals surface area contributed by atoms with E-state index < -0.39 is 5.54 Å². The maximum absolute atomic E-state index is 12.9. The fourth-order valence-electron chi connectivity index (χ4n) is 3.66. The molecule has 2 aromatic rings. The molecule has 0 spiro atoms. The second kappa shape index (κ2) is 5.96. The molecule has 2 unspecified atom stereocenters. The van der Waals surface area contributed by atoms with Crippen molar-refractivity contribution in [1.29, 1.82) is 0 Å². The highest BCUT2D eigenvalue weighted by atomic mass is 16.2. The summed E-state index contributed by atoms with van der Waals surface area (Å²) in [6.45, 7) is 2.52. The Kier molecular flexibility index (Phi) is 4.15. The highest BCUT2D eigenvalue weighted by Crippen LogP contribution is 2.33. The van der Waals surface area contributed by atoms with E-state index in [-0.39, 0.29) is 11.8 Å². The zero-order valence-electron chi connectivity index (χ0n) is 14.2. The summed E-state index contributed by atoms with van der Waals surface area (Å²) in [5.74, 6) is 0.953. The number of hydrogen-bond acceptors (Lipinski definition) is 3. The van der Waals surface area contributed by atoms with Gasteiger partial charge in [-0.3, -0.25) is 4.79 Å². The van der Waals surface area contributed by atoms with Gasteiger partial charge in [-0.1, -0.05) is 25.0 Å². The normalized spacial score (nSPS) is 24.8. The van der Waals surface area contributed by atoms with E-state index in [1.807, 2.05) is 45.3 Å². The van der Waals surface area contributed by atoms with Gasteiger partial charge in [0.25, 0.3) is 0 Å². The Balaban J connectivity index is 1.78. The third-order valence-electron chi connectivity index (χ3n) is 5.19. The van der Waals surface area contributed by atoms with Gasteiger partial charge >= 0.3 is 0 Å². The zero-order valence-corrected chi connectivity index (χ0v) is 14.2. The molecule has 2 N–H and O–H groups in total. The van der Waals surface area contributed by atoms with E-state index in [4.69, 9.17) is 5.73 Å². The Bertz CT molecular complexity index is 719. The van der Waals surface area contributed by atoms with Gasteiger partial charge in [0.1, 0.15) is 5.82 Å². The molecule has 1 fully saturated rings. The molecule has 5 nitrogen and oxygen atoms in total. The molecule has 0 bridgehead atoms. The van der Waals surface area contributed by atoms with Gasteiger partial charge in [-0.05, 0) is 31.9 Å². The van der Waals surface area contributed by atoms with Crippen LogP contribution in [0.1, 0.15) is 38.4 Å². The summed E-state index contributed by atoms with van der Waals surface area (Å²) in [5, 5.41) is 0. The first-order valence-electron chi connectivity index (χ1n) is 8.34. The predicted molar refractivity (Wildman–Crippen MR) is 91.7 cm³/mol. The lowest BCUT2D eigenvalue weighted by Crippen LogP contribution is -2.53. The number of fused-ring (bicyclic) bond motifs is 1. The van der Waals surface area contributed by atoms with Gasteiger partial charge in [0.2, 0.25) is 5.91 Å². The molecule has 0 saturated heterocycles. The number of rotatable bonds is 3. The van der Waals surface area contributed by atoms with Gasteiger partial charge in [0.15, 0.2) is 0 Å². The molecular weight excluding hydrogens is 288 g/mol. The number of aromatic nitrogens is 2. The molecule has 5 heteroatoms. The number of para-hydroxylation sites is 2. The number of benzene rings is 1. The Morgan fingerprint density at radius 1 is 1.43 bits per heavy atom. The molecule has 0 radical (unpaired) electrons. The number of hydrogen-bond donors (Lipinski definition) is 1.